The van der Waals surface area contributed by atoms with Crippen LogP contribution in [0.4, 0.5) is 0 Å². The largest absolute Gasteiger partial charge is 0.454 e. The van der Waals surface area contributed by atoms with Gasteiger partial charge < -0.3 is 14.5 Å². The second kappa shape index (κ2) is 7.69. The van der Waals surface area contributed by atoms with Crippen molar-refractivity contribution in [2.75, 3.05) is 33.2 Å². The van der Waals surface area contributed by atoms with Crippen LogP contribution in [0.1, 0.15) is 52.0 Å². The summed E-state index contributed by atoms with van der Waals surface area (Å²) in [4.78, 5) is 17.2. The molecule has 3 rings (SSSR count). The van der Waals surface area contributed by atoms with Gasteiger partial charge in [-0.1, -0.05) is 43.7 Å². The maximum absolute atomic E-state index is 12.2. The highest BCUT2D eigenvalue weighted by Crippen LogP contribution is 2.51. The summed E-state index contributed by atoms with van der Waals surface area (Å²) in [5.74, 6) is -0.185. The van der Waals surface area contributed by atoms with Gasteiger partial charge in [0, 0.05) is 37.9 Å². The van der Waals surface area contributed by atoms with Crippen LogP contribution in [0.25, 0.3) is 0 Å². The first kappa shape index (κ1) is 19.4. The predicted octanol–water partition coefficient (Wildman–Crippen LogP) is 3.66. The lowest BCUT2D eigenvalue weighted by Crippen LogP contribution is -2.63. The number of likely N-dealkylation sites (tertiary alicyclic amines) is 2. The third-order valence-electron chi connectivity index (χ3n) is 6.49. The topological polar surface area (TPSA) is 32.8 Å². The van der Waals surface area contributed by atoms with Gasteiger partial charge in [0.1, 0.15) is 5.60 Å². The number of benzene rings is 1. The van der Waals surface area contributed by atoms with Gasteiger partial charge in [0.25, 0.3) is 0 Å². The molecule has 2 aliphatic rings. The molecule has 144 valence electrons. The zero-order chi connectivity index (χ0) is 18.8. The zero-order valence-electron chi connectivity index (χ0n) is 16.8. The van der Waals surface area contributed by atoms with Crippen molar-refractivity contribution >= 4 is 5.97 Å². The first-order valence-corrected chi connectivity index (χ1v) is 10.0. The standard InChI is InChI=1S/C22H34N2O2/c1-18-15-22(26-19(2)25,20-11-7-5-8-12-20)21(3,16-23(18)4)17-24-13-9-6-10-14-24/h5,7-8,11-12,18H,6,9-10,13-17H2,1-4H3. The summed E-state index contributed by atoms with van der Waals surface area (Å²) < 4.78 is 6.25. The molecular formula is C22H34N2O2. The van der Waals surface area contributed by atoms with Crippen LogP contribution in [0.5, 0.6) is 0 Å². The molecule has 0 amide bonds. The number of rotatable bonds is 4. The average molecular weight is 359 g/mol. The first-order valence-electron chi connectivity index (χ1n) is 10.0. The Bertz CT molecular complexity index is 614. The zero-order valence-corrected chi connectivity index (χ0v) is 16.8. The molecule has 2 fully saturated rings. The molecule has 1 aromatic carbocycles. The summed E-state index contributed by atoms with van der Waals surface area (Å²) in [5, 5.41) is 0. The minimum Gasteiger partial charge on any atom is -0.454 e. The van der Waals surface area contributed by atoms with Crippen LogP contribution in [0.15, 0.2) is 30.3 Å². The molecule has 4 heteroatoms. The van der Waals surface area contributed by atoms with E-state index in [1.54, 1.807) is 6.92 Å². The molecule has 26 heavy (non-hydrogen) atoms. The molecular weight excluding hydrogens is 324 g/mol. The average Bonchev–Trinajstić information content (AvgIpc) is 2.61. The van der Waals surface area contributed by atoms with E-state index in [0.717, 1.165) is 38.2 Å². The molecule has 2 aliphatic heterocycles. The lowest BCUT2D eigenvalue weighted by atomic mass is 9.63. The molecule has 0 radical (unpaired) electrons. The summed E-state index contributed by atoms with van der Waals surface area (Å²) >= 11 is 0. The summed E-state index contributed by atoms with van der Waals surface area (Å²) in [5.41, 5.74) is 0.400. The van der Waals surface area contributed by atoms with Gasteiger partial charge in [-0.15, -0.1) is 0 Å². The van der Waals surface area contributed by atoms with Crippen molar-refractivity contribution in [2.45, 2.75) is 58.1 Å². The highest BCUT2D eigenvalue weighted by atomic mass is 16.6. The molecule has 3 atom stereocenters. The molecule has 0 aromatic heterocycles. The lowest BCUT2D eigenvalue weighted by Gasteiger charge is -2.57. The van der Waals surface area contributed by atoms with Gasteiger partial charge in [-0.05, 0) is 45.5 Å². The fourth-order valence-corrected chi connectivity index (χ4v) is 5.08. The van der Waals surface area contributed by atoms with Crippen molar-refractivity contribution in [1.82, 2.24) is 9.80 Å². The minimum absolute atomic E-state index is 0.154. The Kier molecular flexibility index (Phi) is 5.73. The molecule has 3 unspecified atom stereocenters. The van der Waals surface area contributed by atoms with Crippen LogP contribution < -0.4 is 0 Å². The number of carbonyl (C=O) groups is 1. The van der Waals surface area contributed by atoms with E-state index in [9.17, 15) is 4.79 Å². The highest BCUT2D eigenvalue weighted by molar-refractivity contribution is 5.67. The van der Waals surface area contributed by atoms with E-state index in [-0.39, 0.29) is 11.4 Å². The van der Waals surface area contributed by atoms with Crippen molar-refractivity contribution in [1.29, 1.82) is 0 Å². The first-order chi connectivity index (χ1) is 12.4. The van der Waals surface area contributed by atoms with Crippen LogP contribution in [0.3, 0.4) is 0 Å². The fraction of sp³-hybridized carbons (Fsp3) is 0.682. The molecule has 0 spiro atoms. The van der Waals surface area contributed by atoms with E-state index in [1.165, 1.54) is 19.3 Å². The summed E-state index contributed by atoms with van der Waals surface area (Å²) in [6.07, 6.45) is 4.71. The van der Waals surface area contributed by atoms with Gasteiger partial charge in [0.05, 0.1) is 0 Å². The minimum atomic E-state index is -0.580. The molecule has 0 N–H and O–H groups in total. The maximum atomic E-state index is 12.2. The van der Waals surface area contributed by atoms with Crippen molar-refractivity contribution in [3.05, 3.63) is 35.9 Å². The third kappa shape index (κ3) is 3.67. The summed E-state index contributed by atoms with van der Waals surface area (Å²) in [7, 11) is 2.20. The van der Waals surface area contributed by atoms with Gasteiger partial charge in [-0.3, -0.25) is 4.79 Å². The second-order valence-electron chi connectivity index (χ2n) is 8.65. The number of ether oxygens (including phenoxy) is 1. The van der Waals surface area contributed by atoms with Crippen LogP contribution in [0, 0.1) is 5.41 Å². The Morgan fingerprint density at radius 3 is 2.46 bits per heavy atom. The smallest absolute Gasteiger partial charge is 0.303 e. The molecule has 4 nitrogen and oxygen atoms in total. The van der Waals surface area contributed by atoms with E-state index in [0.29, 0.717) is 6.04 Å². The van der Waals surface area contributed by atoms with Gasteiger partial charge in [0.15, 0.2) is 0 Å². The number of esters is 1. The molecule has 0 aliphatic carbocycles. The van der Waals surface area contributed by atoms with E-state index in [1.807, 2.05) is 6.07 Å². The number of piperidine rings is 2. The summed E-state index contributed by atoms with van der Waals surface area (Å²) in [6.45, 7) is 10.3. The molecule has 2 heterocycles. The summed E-state index contributed by atoms with van der Waals surface area (Å²) in [6, 6.07) is 10.8. The Balaban J connectivity index is 2.04. The van der Waals surface area contributed by atoms with Crippen LogP contribution >= 0.6 is 0 Å². The maximum Gasteiger partial charge on any atom is 0.303 e. The normalized spacial score (nSPS) is 33.8. The Hall–Kier alpha value is -1.39. The number of carbonyl (C=O) groups excluding carboxylic acids is 1. The Labute approximate surface area is 158 Å². The Morgan fingerprint density at radius 2 is 1.85 bits per heavy atom. The van der Waals surface area contributed by atoms with Gasteiger partial charge in [0.2, 0.25) is 0 Å². The molecule has 1 aromatic rings. The van der Waals surface area contributed by atoms with Crippen molar-refractivity contribution in [2.24, 2.45) is 5.41 Å². The Morgan fingerprint density at radius 1 is 1.19 bits per heavy atom. The van der Waals surface area contributed by atoms with E-state index < -0.39 is 5.60 Å². The SMILES string of the molecule is CC(=O)OC1(c2ccccc2)CC(C)N(C)CC1(C)CN1CCCCC1. The third-order valence-corrected chi connectivity index (χ3v) is 6.49. The van der Waals surface area contributed by atoms with Crippen LogP contribution in [-0.2, 0) is 15.1 Å². The van der Waals surface area contributed by atoms with E-state index >= 15 is 0 Å². The second-order valence-corrected chi connectivity index (χ2v) is 8.65. The molecule has 2 saturated heterocycles. The van der Waals surface area contributed by atoms with Crippen molar-refractivity contribution < 1.29 is 9.53 Å². The molecule has 0 bridgehead atoms. The van der Waals surface area contributed by atoms with Gasteiger partial charge >= 0.3 is 5.97 Å². The van der Waals surface area contributed by atoms with E-state index in [2.05, 4.69) is 55.0 Å². The lowest BCUT2D eigenvalue weighted by molar-refractivity contribution is -0.200. The molecule has 0 saturated carbocycles. The van der Waals surface area contributed by atoms with Gasteiger partial charge in [-0.25, -0.2) is 0 Å². The van der Waals surface area contributed by atoms with E-state index in [4.69, 9.17) is 4.74 Å². The van der Waals surface area contributed by atoms with Crippen LogP contribution in [-0.4, -0.2) is 55.0 Å². The van der Waals surface area contributed by atoms with Crippen molar-refractivity contribution in [3.8, 4) is 0 Å². The monoisotopic (exact) mass is 358 g/mol. The highest BCUT2D eigenvalue weighted by Gasteiger charge is 2.57. The quantitative estimate of drug-likeness (QED) is 0.769. The number of hydrogen-bond acceptors (Lipinski definition) is 4. The van der Waals surface area contributed by atoms with Crippen LogP contribution in [0.2, 0.25) is 0 Å². The van der Waals surface area contributed by atoms with Crippen molar-refractivity contribution in [3.63, 3.8) is 0 Å². The van der Waals surface area contributed by atoms with Gasteiger partial charge in [-0.2, -0.15) is 0 Å². The number of nitrogens with zero attached hydrogens (tertiary/aromatic N) is 2. The predicted molar refractivity (Wildman–Crippen MR) is 105 cm³/mol. The number of hydrogen-bond donors (Lipinski definition) is 0. The fourth-order valence-electron chi connectivity index (χ4n) is 5.08.